The van der Waals surface area contributed by atoms with Gasteiger partial charge in [-0.25, -0.2) is 0 Å². The molecule has 0 aromatic heterocycles. The number of carbonyl (C=O) groups is 1. The van der Waals surface area contributed by atoms with Crippen LogP contribution in [0.15, 0.2) is 0 Å². The van der Waals surface area contributed by atoms with E-state index in [1.807, 2.05) is 0 Å². The molecule has 0 bridgehead atoms. The lowest BCUT2D eigenvalue weighted by molar-refractivity contribution is -0.134. The third kappa shape index (κ3) is 4.10. The number of morpholine rings is 1. The Labute approximate surface area is 145 Å². The van der Waals surface area contributed by atoms with Crippen LogP contribution in [-0.4, -0.2) is 87.4 Å². The van der Waals surface area contributed by atoms with Crippen molar-refractivity contribution < 1.29 is 14.3 Å². The van der Waals surface area contributed by atoms with E-state index >= 15 is 0 Å². The first-order chi connectivity index (χ1) is 11.6. The Morgan fingerprint density at radius 1 is 1.21 bits per heavy atom. The molecule has 0 unspecified atom stereocenters. The second-order valence-corrected chi connectivity index (χ2v) is 7.83. The highest BCUT2D eigenvalue weighted by molar-refractivity contribution is 5.82. The Morgan fingerprint density at radius 2 is 1.96 bits per heavy atom. The van der Waals surface area contributed by atoms with Gasteiger partial charge in [0.1, 0.15) is 6.04 Å². The molecule has 1 atom stereocenters. The summed E-state index contributed by atoms with van der Waals surface area (Å²) in [4.78, 5) is 17.4. The standard InChI is InChI=1S/C18H33N3O3/c1-20(2)18(6-9-23-10-7-18)14-19-17(22)16-13-24-11-8-21(16)12-15-4-3-5-15/h15-16H,3-14H2,1-2H3,(H,19,22)/t16-/m1/s1. The molecule has 3 fully saturated rings. The normalized spacial score (nSPS) is 28.5. The highest BCUT2D eigenvalue weighted by Crippen LogP contribution is 2.28. The van der Waals surface area contributed by atoms with Gasteiger partial charge in [0, 0.05) is 38.4 Å². The Balaban J connectivity index is 1.55. The summed E-state index contributed by atoms with van der Waals surface area (Å²) in [7, 11) is 4.20. The highest BCUT2D eigenvalue weighted by atomic mass is 16.5. The number of nitrogens with one attached hydrogen (secondary N) is 1. The van der Waals surface area contributed by atoms with Crippen molar-refractivity contribution >= 4 is 5.91 Å². The molecule has 0 radical (unpaired) electrons. The molecule has 6 heteroatoms. The quantitative estimate of drug-likeness (QED) is 0.773. The molecule has 0 spiro atoms. The number of nitrogens with zero attached hydrogens (tertiary/aromatic N) is 2. The minimum Gasteiger partial charge on any atom is -0.381 e. The Hall–Kier alpha value is -0.690. The van der Waals surface area contributed by atoms with Crippen LogP contribution in [0.4, 0.5) is 0 Å². The Bertz CT molecular complexity index is 420. The summed E-state index contributed by atoms with van der Waals surface area (Å²) in [6.45, 7) is 5.43. The van der Waals surface area contributed by atoms with Crippen LogP contribution in [0, 0.1) is 5.92 Å². The number of hydrogen-bond donors (Lipinski definition) is 1. The van der Waals surface area contributed by atoms with Gasteiger partial charge in [0.25, 0.3) is 0 Å². The van der Waals surface area contributed by atoms with Gasteiger partial charge in [-0.1, -0.05) is 6.42 Å². The molecule has 24 heavy (non-hydrogen) atoms. The first-order valence-corrected chi connectivity index (χ1v) is 9.45. The lowest BCUT2D eigenvalue weighted by Crippen LogP contribution is -2.60. The molecule has 138 valence electrons. The highest BCUT2D eigenvalue weighted by Gasteiger charge is 2.37. The maximum atomic E-state index is 12.8. The van der Waals surface area contributed by atoms with E-state index in [1.54, 1.807) is 0 Å². The predicted molar refractivity (Wildman–Crippen MR) is 93.0 cm³/mol. The van der Waals surface area contributed by atoms with Gasteiger partial charge in [0.15, 0.2) is 0 Å². The fourth-order valence-corrected chi connectivity index (χ4v) is 4.01. The van der Waals surface area contributed by atoms with Crippen molar-refractivity contribution in [3.8, 4) is 0 Å². The van der Waals surface area contributed by atoms with E-state index in [4.69, 9.17) is 9.47 Å². The van der Waals surface area contributed by atoms with Crippen LogP contribution < -0.4 is 5.32 Å². The van der Waals surface area contributed by atoms with Gasteiger partial charge in [-0.3, -0.25) is 9.69 Å². The first-order valence-electron chi connectivity index (χ1n) is 9.45. The van der Waals surface area contributed by atoms with E-state index in [1.165, 1.54) is 19.3 Å². The van der Waals surface area contributed by atoms with Gasteiger partial charge in [-0.2, -0.15) is 0 Å². The second kappa shape index (κ2) is 8.13. The van der Waals surface area contributed by atoms with Crippen molar-refractivity contribution in [2.24, 2.45) is 5.92 Å². The summed E-state index contributed by atoms with van der Waals surface area (Å²) in [5.74, 6) is 0.906. The molecule has 1 saturated carbocycles. The zero-order valence-corrected chi connectivity index (χ0v) is 15.3. The predicted octanol–water partition coefficient (Wildman–Crippen LogP) is 0.714. The van der Waals surface area contributed by atoms with E-state index < -0.39 is 0 Å². The van der Waals surface area contributed by atoms with Gasteiger partial charge in [0.2, 0.25) is 5.91 Å². The van der Waals surface area contributed by atoms with Crippen LogP contribution in [0.2, 0.25) is 0 Å². The molecule has 2 aliphatic heterocycles. The van der Waals surface area contributed by atoms with Crippen LogP contribution >= 0.6 is 0 Å². The summed E-state index contributed by atoms with van der Waals surface area (Å²) in [5, 5.41) is 3.23. The number of carbonyl (C=O) groups excluding carboxylic acids is 1. The SMILES string of the molecule is CN(C)C1(CNC(=O)[C@H]2COCCN2CC2CCC2)CCOCC1. The lowest BCUT2D eigenvalue weighted by atomic mass is 9.84. The minimum atomic E-state index is -0.126. The lowest BCUT2D eigenvalue weighted by Gasteiger charge is -2.44. The molecule has 6 nitrogen and oxygen atoms in total. The molecule has 2 saturated heterocycles. The molecule has 1 amide bonds. The van der Waals surface area contributed by atoms with Crippen LogP contribution in [0.5, 0.6) is 0 Å². The zero-order chi connectivity index (χ0) is 17.0. The maximum absolute atomic E-state index is 12.8. The van der Waals surface area contributed by atoms with E-state index in [-0.39, 0.29) is 17.5 Å². The summed E-state index contributed by atoms with van der Waals surface area (Å²) in [5.41, 5.74) is 0.0161. The van der Waals surface area contributed by atoms with Crippen LogP contribution in [0.1, 0.15) is 32.1 Å². The van der Waals surface area contributed by atoms with Crippen LogP contribution in [0.3, 0.4) is 0 Å². The number of likely N-dealkylation sites (N-methyl/N-ethyl adjacent to an activating group) is 1. The minimum absolute atomic E-state index is 0.0161. The summed E-state index contributed by atoms with van der Waals surface area (Å²) >= 11 is 0. The monoisotopic (exact) mass is 339 g/mol. The van der Waals surface area contributed by atoms with Gasteiger partial charge in [-0.15, -0.1) is 0 Å². The first kappa shape index (κ1) is 18.1. The third-order valence-corrected chi connectivity index (χ3v) is 6.22. The van der Waals surface area contributed by atoms with E-state index in [2.05, 4.69) is 29.2 Å². The Morgan fingerprint density at radius 3 is 2.58 bits per heavy atom. The fraction of sp³-hybridized carbons (Fsp3) is 0.944. The number of ether oxygens (including phenoxy) is 2. The van der Waals surface area contributed by atoms with Gasteiger partial charge < -0.3 is 19.7 Å². The summed E-state index contributed by atoms with van der Waals surface area (Å²) < 4.78 is 11.1. The van der Waals surface area contributed by atoms with Gasteiger partial charge in [0.05, 0.1) is 13.2 Å². The molecule has 3 aliphatic rings. The van der Waals surface area contributed by atoms with Crippen molar-refractivity contribution in [3.63, 3.8) is 0 Å². The fourth-order valence-electron chi connectivity index (χ4n) is 4.01. The van der Waals surface area contributed by atoms with Crippen molar-refractivity contribution in [1.82, 2.24) is 15.1 Å². The molecule has 2 heterocycles. The molecule has 1 aliphatic carbocycles. The molecule has 1 N–H and O–H groups in total. The van der Waals surface area contributed by atoms with Crippen molar-refractivity contribution in [2.75, 3.05) is 60.2 Å². The molecule has 0 aromatic carbocycles. The summed E-state index contributed by atoms with van der Waals surface area (Å²) in [6, 6.07) is -0.126. The average molecular weight is 339 g/mol. The second-order valence-electron chi connectivity index (χ2n) is 7.83. The zero-order valence-electron chi connectivity index (χ0n) is 15.3. The van der Waals surface area contributed by atoms with Crippen molar-refractivity contribution in [2.45, 2.75) is 43.7 Å². The Kier molecular flexibility index (Phi) is 6.13. The maximum Gasteiger partial charge on any atom is 0.239 e. The molecular weight excluding hydrogens is 306 g/mol. The molecule has 3 rings (SSSR count). The molecule has 0 aromatic rings. The number of amides is 1. The topological polar surface area (TPSA) is 54.0 Å². The summed E-state index contributed by atoms with van der Waals surface area (Å²) in [6.07, 6.45) is 5.91. The van der Waals surface area contributed by atoms with Crippen molar-refractivity contribution in [3.05, 3.63) is 0 Å². The van der Waals surface area contributed by atoms with Gasteiger partial charge >= 0.3 is 0 Å². The van der Waals surface area contributed by atoms with E-state index in [9.17, 15) is 4.79 Å². The van der Waals surface area contributed by atoms with E-state index in [0.717, 1.165) is 51.7 Å². The van der Waals surface area contributed by atoms with E-state index in [0.29, 0.717) is 13.2 Å². The third-order valence-electron chi connectivity index (χ3n) is 6.22. The van der Waals surface area contributed by atoms with Crippen LogP contribution in [0.25, 0.3) is 0 Å². The molecular formula is C18H33N3O3. The number of rotatable bonds is 6. The van der Waals surface area contributed by atoms with Crippen molar-refractivity contribution in [1.29, 1.82) is 0 Å². The average Bonchev–Trinajstić information content (AvgIpc) is 2.57. The van der Waals surface area contributed by atoms with Gasteiger partial charge in [-0.05, 0) is 45.7 Å². The largest absolute Gasteiger partial charge is 0.381 e. The van der Waals surface area contributed by atoms with Crippen LogP contribution in [-0.2, 0) is 14.3 Å². The smallest absolute Gasteiger partial charge is 0.239 e. The number of hydrogen-bond acceptors (Lipinski definition) is 5.